The number of anilines is 2. The van der Waals surface area contributed by atoms with Crippen molar-refractivity contribution in [3.8, 4) is 5.75 Å². The minimum absolute atomic E-state index is 0.175. The van der Waals surface area contributed by atoms with Crippen LogP contribution in [0.15, 0.2) is 46.9 Å². The van der Waals surface area contributed by atoms with E-state index in [0.29, 0.717) is 5.69 Å². The standard InChI is InChI=1S/C24H27BrN4O4/c1-15-13-28(10-11-29(15)17-5-7-18(32-2)8-6-17)14-21(30)27-22-19-12-16(25)4-9-20(19)26-23(22)24(31)33-3/h4-9,12,15,26H,10-11,13-14H2,1-3H3,(H,27,30). The third kappa shape index (κ3) is 4.99. The first-order valence-corrected chi connectivity index (χ1v) is 11.5. The molecule has 2 aromatic carbocycles. The summed E-state index contributed by atoms with van der Waals surface area (Å²) < 4.78 is 11.0. The summed E-state index contributed by atoms with van der Waals surface area (Å²) in [4.78, 5) is 32.7. The highest BCUT2D eigenvalue weighted by Crippen LogP contribution is 2.31. The molecule has 1 atom stereocenters. The van der Waals surface area contributed by atoms with Gasteiger partial charge in [0, 0.05) is 46.7 Å². The third-order valence-electron chi connectivity index (χ3n) is 5.90. The molecule has 1 aliphatic heterocycles. The Labute approximate surface area is 201 Å². The second kappa shape index (κ2) is 9.84. The van der Waals surface area contributed by atoms with Crippen molar-refractivity contribution in [3.05, 3.63) is 52.6 Å². The van der Waals surface area contributed by atoms with Gasteiger partial charge in [0.05, 0.1) is 26.5 Å². The smallest absolute Gasteiger partial charge is 0.356 e. The van der Waals surface area contributed by atoms with Crippen LogP contribution >= 0.6 is 15.9 Å². The number of carbonyl (C=O) groups excluding carboxylic acids is 2. The lowest BCUT2D eigenvalue weighted by atomic mass is 10.1. The second-order valence-electron chi connectivity index (χ2n) is 8.08. The molecule has 0 bridgehead atoms. The van der Waals surface area contributed by atoms with Crippen molar-refractivity contribution in [1.82, 2.24) is 9.88 Å². The first-order valence-electron chi connectivity index (χ1n) is 10.7. The average molecular weight is 515 g/mol. The average Bonchev–Trinajstić information content (AvgIpc) is 3.16. The number of benzene rings is 2. The Morgan fingerprint density at radius 3 is 2.58 bits per heavy atom. The molecule has 2 N–H and O–H groups in total. The molecule has 1 aliphatic rings. The van der Waals surface area contributed by atoms with Gasteiger partial charge < -0.3 is 24.7 Å². The lowest BCUT2D eigenvalue weighted by Gasteiger charge is -2.41. The van der Waals surface area contributed by atoms with Crippen molar-refractivity contribution >= 4 is 50.1 Å². The van der Waals surface area contributed by atoms with Crippen LogP contribution in [0.25, 0.3) is 10.9 Å². The molecule has 0 radical (unpaired) electrons. The van der Waals surface area contributed by atoms with Gasteiger partial charge in [-0.3, -0.25) is 9.69 Å². The van der Waals surface area contributed by atoms with Gasteiger partial charge in [-0.1, -0.05) is 15.9 Å². The maximum Gasteiger partial charge on any atom is 0.356 e. The molecule has 1 unspecified atom stereocenters. The normalized spacial score (nSPS) is 16.6. The Balaban J connectivity index is 1.44. The summed E-state index contributed by atoms with van der Waals surface area (Å²) in [7, 11) is 2.98. The minimum atomic E-state index is -0.528. The van der Waals surface area contributed by atoms with Crippen LogP contribution in [0.4, 0.5) is 11.4 Å². The van der Waals surface area contributed by atoms with Gasteiger partial charge in [-0.25, -0.2) is 4.79 Å². The molecule has 1 fully saturated rings. The highest BCUT2D eigenvalue weighted by Gasteiger charge is 2.26. The Bertz CT molecular complexity index is 1160. The molecular formula is C24H27BrN4O4. The van der Waals surface area contributed by atoms with Crippen molar-refractivity contribution in [2.45, 2.75) is 13.0 Å². The Hall–Kier alpha value is -3.04. The van der Waals surface area contributed by atoms with Crippen LogP contribution in [0.3, 0.4) is 0 Å². The molecule has 8 nitrogen and oxygen atoms in total. The van der Waals surface area contributed by atoms with Crippen LogP contribution in [-0.4, -0.2) is 68.2 Å². The number of halogens is 1. The molecule has 9 heteroatoms. The number of piperazine rings is 1. The van der Waals surface area contributed by atoms with E-state index in [-0.39, 0.29) is 24.2 Å². The molecule has 1 amide bonds. The van der Waals surface area contributed by atoms with E-state index >= 15 is 0 Å². The molecule has 174 valence electrons. The number of ether oxygens (including phenoxy) is 2. The van der Waals surface area contributed by atoms with Crippen molar-refractivity contribution in [1.29, 1.82) is 0 Å². The summed E-state index contributed by atoms with van der Waals surface area (Å²) in [6.45, 7) is 4.72. The molecule has 1 aromatic heterocycles. The Morgan fingerprint density at radius 2 is 1.91 bits per heavy atom. The number of methoxy groups -OCH3 is 2. The summed E-state index contributed by atoms with van der Waals surface area (Å²) in [5.74, 6) is 0.128. The van der Waals surface area contributed by atoms with Gasteiger partial charge in [0.1, 0.15) is 11.4 Å². The fourth-order valence-electron chi connectivity index (χ4n) is 4.27. The highest BCUT2D eigenvalue weighted by molar-refractivity contribution is 9.10. The number of amides is 1. The number of fused-ring (bicyclic) bond motifs is 1. The van der Waals surface area contributed by atoms with Crippen molar-refractivity contribution < 1.29 is 19.1 Å². The van der Waals surface area contributed by atoms with E-state index in [1.807, 2.05) is 30.3 Å². The second-order valence-corrected chi connectivity index (χ2v) is 9.00. The molecule has 0 spiro atoms. The molecule has 3 aromatic rings. The van der Waals surface area contributed by atoms with Crippen LogP contribution < -0.4 is 15.0 Å². The summed E-state index contributed by atoms with van der Waals surface area (Å²) >= 11 is 3.45. The highest BCUT2D eigenvalue weighted by atomic mass is 79.9. The minimum Gasteiger partial charge on any atom is -0.497 e. The molecule has 1 saturated heterocycles. The predicted octanol–water partition coefficient (Wildman–Crippen LogP) is 3.87. The number of aromatic amines is 1. The van der Waals surface area contributed by atoms with Crippen molar-refractivity contribution in [2.75, 3.05) is 50.6 Å². The molecule has 0 aliphatic carbocycles. The van der Waals surface area contributed by atoms with Gasteiger partial charge in [0.2, 0.25) is 5.91 Å². The van der Waals surface area contributed by atoms with Crippen LogP contribution in [0.2, 0.25) is 0 Å². The number of esters is 1. The number of rotatable bonds is 6. The Morgan fingerprint density at radius 1 is 1.15 bits per heavy atom. The number of hydrogen-bond donors (Lipinski definition) is 2. The summed E-state index contributed by atoms with van der Waals surface area (Å²) in [5.41, 5.74) is 2.56. The number of nitrogens with one attached hydrogen (secondary N) is 2. The van der Waals surface area contributed by atoms with Crippen molar-refractivity contribution in [2.24, 2.45) is 0 Å². The Kier molecular flexibility index (Phi) is 6.90. The monoisotopic (exact) mass is 514 g/mol. The first kappa shape index (κ1) is 23.1. The number of nitrogens with zero attached hydrogens (tertiary/aromatic N) is 2. The lowest BCUT2D eigenvalue weighted by molar-refractivity contribution is -0.117. The van der Waals surface area contributed by atoms with E-state index in [0.717, 1.165) is 46.4 Å². The van der Waals surface area contributed by atoms with Crippen LogP contribution in [0, 0.1) is 0 Å². The topological polar surface area (TPSA) is 86.9 Å². The summed E-state index contributed by atoms with van der Waals surface area (Å²) in [6, 6.07) is 13.9. The zero-order valence-electron chi connectivity index (χ0n) is 18.9. The van der Waals surface area contributed by atoms with Gasteiger partial charge in [-0.05, 0) is 49.4 Å². The van der Waals surface area contributed by atoms with E-state index < -0.39 is 5.97 Å². The summed E-state index contributed by atoms with van der Waals surface area (Å²) in [5, 5.41) is 3.68. The molecular weight excluding hydrogens is 488 g/mol. The zero-order valence-corrected chi connectivity index (χ0v) is 20.4. The van der Waals surface area contributed by atoms with E-state index in [2.05, 4.69) is 55.1 Å². The fraction of sp³-hybridized carbons (Fsp3) is 0.333. The molecule has 33 heavy (non-hydrogen) atoms. The first-order chi connectivity index (χ1) is 15.9. The van der Waals surface area contributed by atoms with Gasteiger partial charge >= 0.3 is 5.97 Å². The molecule has 2 heterocycles. The SMILES string of the molecule is COC(=O)c1[nH]c2ccc(Br)cc2c1NC(=O)CN1CCN(c2ccc(OC)cc2)C(C)C1. The fourth-order valence-corrected chi connectivity index (χ4v) is 4.63. The summed E-state index contributed by atoms with van der Waals surface area (Å²) in [6.07, 6.45) is 0. The maximum absolute atomic E-state index is 12.9. The van der Waals surface area contributed by atoms with E-state index in [1.54, 1.807) is 7.11 Å². The largest absolute Gasteiger partial charge is 0.497 e. The molecule has 4 rings (SSSR count). The van der Waals surface area contributed by atoms with Crippen LogP contribution in [0.1, 0.15) is 17.4 Å². The van der Waals surface area contributed by atoms with Gasteiger partial charge in [-0.15, -0.1) is 0 Å². The lowest BCUT2D eigenvalue weighted by Crippen LogP contribution is -2.53. The quantitative estimate of drug-likeness (QED) is 0.485. The predicted molar refractivity (Wildman–Crippen MR) is 132 cm³/mol. The number of aromatic nitrogens is 1. The number of hydrogen-bond acceptors (Lipinski definition) is 6. The maximum atomic E-state index is 12.9. The van der Waals surface area contributed by atoms with Crippen LogP contribution in [0.5, 0.6) is 5.75 Å². The third-order valence-corrected chi connectivity index (χ3v) is 6.39. The zero-order chi connectivity index (χ0) is 23.5. The van der Waals surface area contributed by atoms with E-state index in [4.69, 9.17) is 9.47 Å². The van der Waals surface area contributed by atoms with Gasteiger partial charge in [0.25, 0.3) is 0 Å². The van der Waals surface area contributed by atoms with Crippen molar-refractivity contribution in [3.63, 3.8) is 0 Å². The van der Waals surface area contributed by atoms with E-state index in [9.17, 15) is 9.59 Å². The molecule has 0 saturated carbocycles. The van der Waals surface area contributed by atoms with Gasteiger partial charge in [-0.2, -0.15) is 0 Å². The van der Waals surface area contributed by atoms with Crippen LogP contribution in [-0.2, 0) is 9.53 Å². The number of carbonyl (C=O) groups is 2. The number of H-pyrrole nitrogens is 1. The van der Waals surface area contributed by atoms with Gasteiger partial charge in [0.15, 0.2) is 0 Å². The van der Waals surface area contributed by atoms with E-state index in [1.165, 1.54) is 7.11 Å².